The SMILES string of the molecule is CCCCCNC(=O)c1csc(Nc2cccc(Cl)c2)n1. The van der Waals surface area contributed by atoms with Crippen LogP contribution in [0.1, 0.15) is 36.7 Å². The maximum atomic E-state index is 11.9. The molecule has 2 rings (SSSR count). The van der Waals surface area contributed by atoms with Gasteiger partial charge in [0.25, 0.3) is 5.91 Å². The summed E-state index contributed by atoms with van der Waals surface area (Å²) in [4.78, 5) is 16.2. The molecule has 0 saturated carbocycles. The maximum absolute atomic E-state index is 11.9. The molecule has 112 valence electrons. The van der Waals surface area contributed by atoms with Crippen molar-refractivity contribution in [3.63, 3.8) is 0 Å². The first-order valence-corrected chi connectivity index (χ1v) is 8.21. The highest BCUT2D eigenvalue weighted by Crippen LogP contribution is 2.23. The second-order valence-corrected chi connectivity index (χ2v) is 5.93. The molecule has 0 aliphatic carbocycles. The molecule has 1 aromatic carbocycles. The molecule has 0 aliphatic heterocycles. The lowest BCUT2D eigenvalue weighted by Gasteiger charge is -2.03. The molecule has 0 radical (unpaired) electrons. The van der Waals surface area contributed by atoms with E-state index in [1.165, 1.54) is 11.3 Å². The third-order valence-electron chi connectivity index (χ3n) is 2.88. The van der Waals surface area contributed by atoms with E-state index in [-0.39, 0.29) is 5.91 Å². The van der Waals surface area contributed by atoms with Crippen LogP contribution in [0.2, 0.25) is 5.02 Å². The van der Waals surface area contributed by atoms with Gasteiger partial charge in [0.2, 0.25) is 0 Å². The summed E-state index contributed by atoms with van der Waals surface area (Å²) in [7, 11) is 0. The first kappa shape index (κ1) is 15.8. The lowest BCUT2D eigenvalue weighted by molar-refractivity contribution is 0.0949. The van der Waals surface area contributed by atoms with E-state index < -0.39 is 0 Å². The Balaban J connectivity index is 1.90. The van der Waals surface area contributed by atoms with E-state index in [1.54, 1.807) is 5.38 Å². The van der Waals surface area contributed by atoms with Crippen molar-refractivity contribution in [1.82, 2.24) is 10.3 Å². The Morgan fingerprint density at radius 2 is 2.24 bits per heavy atom. The molecule has 0 spiro atoms. The molecule has 0 bridgehead atoms. The number of hydrogen-bond acceptors (Lipinski definition) is 4. The first-order valence-electron chi connectivity index (χ1n) is 6.95. The summed E-state index contributed by atoms with van der Waals surface area (Å²) >= 11 is 7.32. The molecular weight excluding hydrogens is 306 g/mol. The topological polar surface area (TPSA) is 54.0 Å². The highest BCUT2D eigenvalue weighted by atomic mass is 35.5. The van der Waals surface area contributed by atoms with Crippen LogP contribution in [-0.2, 0) is 0 Å². The normalized spacial score (nSPS) is 10.4. The number of halogens is 1. The minimum Gasteiger partial charge on any atom is -0.351 e. The number of hydrogen-bond donors (Lipinski definition) is 2. The van der Waals surface area contributed by atoms with Gasteiger partial charge in [-0.2, -0.15) is 0 Å². The summed E-state index contributed by atoms with van der Waals surface area (Å²) in [5, 5.41) is 9.10. The standard InChI is InChI=1S/C15H18ClN3OS/c1-2-3-4-8-17-14(20)13-10-21-15(19-13)18-12-7-5-6-11(16)9-12/h5-7,9-10H,2-4,8H2,1H3,(H,17,20)(H,18,19). The second kappa shape index (κ2) is 8.00. The van der Waals surface area contributed by atoms with Crippen molar-refractivity contribution in [1.29, 1.82) is 0 Å². The van der Waals surface area contributed by atoms with E-state index in [0.717, 1.165) is 24.9 Å². The van der Waals surface area contributed by atoms with Crippen LogP contribution in [-0.4, -0.2) is 17.4 Å². The quantitative estimate of drug-likeness (QED) is 0.740. The van der Waals surface area contributed by atoms with Crippen molar-refractivity contribution in [3.8, 4) is 0 Å². The fourth-order valence-corrected chi connectivity index (χ4v) is 2.69. The molecule has 6 heteroatoms. The molecule has 0 unspecified atom stereocenters. The third kappa shape index (κ3) is 5.02. The number of benzene rings is 1. The maximum Gasteiger partial charge on any atom is 0.270 e. The fraction of sp³-hybridized carbons (Fsp3) is 0.333. The molecule has 2 aromatic rings. The van der Waals surface area contributed by atoms with Crippen LogP contribution in [0.4, 0.5) is 10.8 Å². The van der Waals surface area contributed by atoms with Crippen molar-refractivity contribution < 1.29 is 4.79 Å². The average molecular weight is 324 g/mol. The van der Waals surface area contributed by atoms with Crippen molar-refractivity contribution in [2.45, 2.75) is 26.2 Å². The third-order valence-corrected chi connectivity index (χ3v) is 3.87. The van der Waals surface area contributed by atoms with Gasteiger partial charge in [-0.15, -0.1) is 11.3 Å². The summed E-state index contributed by atoms with van der Waals surface area (Å²) in [5.41, 5.74) is 1.30. The van der Waals surface area contributed by atoms with Crippen LogP contribution in [0, 0.1) is 0 Å². The van der Waals surface area contributed by atoms with Gasteiger partial charge in [0.15, 0.2) is 5.13 Å². The highest BCUT2D eigenvalue weighted by Gasteiger charge is 2.10. The molecule has 4 nitrogen and oxygen atoms in total. The first-order chi connectivity index (χ1) is 10.2. The van der Waals surface area contributed by atoms with Gasteiger partial charge >= 0.3 is 0 Å². The van der Waals surface area contributed by atoms with E-state index in [4.69, 9.17) is 11.6 Å². The van der Waals surface area contributed by atoms with Crippen molar-refractivity contribution in [2.75, 3.05) is 11.9 Å². The Morgan fingerprint density at radius 1 is 1.38 bits per heavy atom. The molecule has 0 aliphatic rings. The van der Waals surface area contributed by atoms with Crippen molar-refractivity contribution >= 4 is 39.7 Å². The largest absolute Gasteiger partial charge is 0.351 e. The lowest BCUT2D eigenvalue weighted by Crippen LogP contribution is -2.24. The average Bonchev–Trinajstić information content (AvgIpc) is 2.92. The highest BCUT2D eigenvalue weighted by molar-refractivity contribution is 7.14. The summed E-state index contributed by atoms with van der Waals surface area (Å²) in [6.07, 6.45) is 3.26. The molecule has 1 heterocycles. The Morgan fingerprint density at radius 3 is 3.00 bits per heavy atom. The molecule has 2 N–H and O–H groups in total. The zero-order valence-electron chi connectivity index (χ0n) is 11.9. The van der Waals surface area contributed by atoms with E-state index in [0.29, 0.717) is 22.4 Å². The molecular formula is C15H18ClN3OS. The van der Waals surface area contributed by atoms with Gasteiger partial charge in [-0.3, -0.25) is 4.79 Å². The van der Waals surface area contributed by atoms with E-state index >= 15 is 0 Å². The van der Waals surface area contributed by atoms with Gasteiger partial charge in [0, 0.05) is 22.6 Å². The van der Waals surface area contributed by atoms with Crippen LogP contribution >= 0.6 is 22.9 Å². The number of aromatic nitrogens is 1. The Kier molecular flexibility index (Phi) is 6.02. The van der Waals surface area contributed by atoms with Gasteiger partial charge in [0.1, 0.15) is 5.69 Å². The second-order valence-electron chi connectivity index (χ2n) is 4.64. The number of thiazole rings is 1. The summed E-state index contributed by atoms with van der Waals surface area (Å²) in [5.74, 6) is -0.124. The smallest absolute Gasteiger partial charge is 0.270 e. The van der Waals surface area contributed by atoms with Crippen LogP contribution in [0.25, 0.3) is 0 Å². The Bertz CT molecular complexity index is 600. The molecule has 1 aromatic heterocycles. The number of unbranched alkanes of at least 4 members (excludes halogenated alkanes) is 2. The lowest BCUT2D eigenvalue weighted by atomic mass is 10.2. The predicted octanol–water partition coefficient (Wildman–Crippen LogP) is 4.46. The van der Waals surface area contributed by atoms with Crippen LogP contribution in [0.3, 0.4) is 0 Å². The molecule has 0 fully saturated rings. The monoisotopic (exact) mass is 323 g/mol. The van der Waals surface area contributed by atoms with Gasteiger partial charge in [-0.05, 0) is 24.6 Å². The molecule has 1 amide bonds. The van der Waals surface area contributed by atoms with Gasteiger partial charge in [-0.25, -0.2) is 4.98 Å². The van der Waals surface area contributed by atoms with E-state index in [1.807, 2.05) is 24.3 Å². The van der Waals surface area contributed by atoms with Crippen LogP contribution in [0.5, 0.6) is 0 Å². The zero-order valence-corrected chi connectivity index (χ0v) is 13.4. The minimum atomic E-state index is -0.124. The van der Waals surface area contributed by atoms with Gasteiger partial charge in [0.05, 0.1) is 0 Å². The number of nitrogens with one attached hydrogen (secondary N) is 2. The molecule has 0 atom stereocenters. The van der Waals surface area contributed by atoms with Crippen LogP contribution in [0.15, 0.2) is 29.6 Å². The predicted molar refractivity (Wildman–Crippen MR) is 88.7 cm³/mol. The minimum absolute atomic E-state index is 0.124. The number of nitrogens with zero attached hydrogens (tertiary/aromatic N) is 1. The van der Waals surface area contributed by atoms with Crippen molar-refractivity contribution in [2.24, 2.45) is 0 Å². The van der Waals surface area contributed by atoms with Gasteiger partial charge < -0.3 is 10.6 Å². The summed E-state index contributed by atoms with van der Waals surface area (Å²) in [6.45, 7) is 2.83. The zero-order chi connectivity index (χ0) is 15.1. The fourth-order valence-electron chi connectivity index (χ4n) is 1.79. The molecule has 0 saturated heterocycles. The number of carbonyl (C=O) groups excluding carboxylic acids is 1. The number of rotatable bonds is 7. The Hall–Kier alpha value is -1.59. The van der Waals surface area contributed by atoms with Crippen molar-refractivity contribution in [3.05, 3.63) is 40.4 Å². The summed E-state index contributed by atoms with van der Waals surface area (Å²) < 4.78 is 0. The summed E-state index contributed by atoms with van der Waals surface area (Å²) in [6, 6.07) is 7.38. The van der Waals surface area contributed by atoms with Gasteiger partial charge in [-0.1, -0.05) is 37.4 Å². The van der Waals surface area contributed by atoms with E-state index in [2.05, 4.69) is 22.5 Å². The van der Waals surface area contributed by atoms with Crippen LogP contribution < -0.4 is 10.6 Å². The number of carbonyl (C=O) groups is 1. The number of anilines is 2. The number of amides is 1. The molecule has 21 heavy (non-hydrogen) atoms. The Labute approximate surface area is 133 Å². The van der Waals surface area contributed by atoms with E-state index in [9.17, 15) is 4.79 Å².